The molecule has 0 aromatic heterocycles. The molecule has 1 aromatic carbocycles. The average Bonchev–Trinajstić information content (AvgIpc) is 2.49. The fourth-order valence-electron chi connectivity index (χ4n) is 2.64. The standard InChI is InChI=1S/C15H22FN3O2/c1-19(8-11-3-2-6-21-10-11)9-13-5-4-12(7-14(13)16)15(17)18-20/h4-5,7,11,20H,2-3,6,8-10H2,1H3,(H2,17,18). The Morgan fingerprint density at radius 3 is 3.00 bits per heavy atom. The van der Waals surface area contributed by atoms with E-state index >= 15 is 0 Å². The predicted octanol–water partition coefficient (Wildman–Crippen LogP) is 1.78. The van der Waals surface area contributed by atoms with Gasteiger partial charge in [-0.05, 0) is 31.9 Å². The lowest BCUT2D eigenvalue weighted by molar-refractivity contribution is 0.0410. The van der Waals surface area contributed by atoms with Crippen LogP contribution in [0.5, 0.6) is 0 Å². The predicted molar refractivity (Wildman–Crippen MR) is 78.8 cm³/mol. The van der Waals surface area contributed by atoms with Crippen molar-refractivity contribution < 1.29 is 14.3 Å². The van der Waals surface area contributed by atoms with Crippen LogP contribution in [0.4, 0.5) is 4.39 Å². The molecule has 0 radical (unpaired) electrons. The molecule has 116 valence electrons. The minimum atomic E-state index is -0.342. The summed E-state index contributed by atoms with van der Waals surface area (Å²) in [5, 5.41) is 11.5. The van der Waals surface area contributed by atoms with Crippen molar-refractivity contribution in [3.8, 4) is 0 Å². The molecular formula is C15H22FN3O2. The van der Waals surface area contributed by atoms with Gasteiger partial charge in [-0.25, -0.2) is 4.39 Å². The number of amidine groups is 1. The molecule has 1 atom stereocenters. The zero-order valence-corrected chi connectivity index (χ0v) is 12.3. The summed E-state index contributed by atoms with van der Waals surface area (Å²) in [6.07, 6.45) is 2.26. The summed E-state index contributed by atoms with van der Waals surface area (Å²) in [4.78, 5) is 2.10. The van der Waals surface area contributed by atoms with Crippen molar-refractivity contribution in [1.29, 1.82) is 0 Å². The van der Waals surface area contributed by atoms with Crippen molar-refractivity contribution in [3.63, 3.8) is 0 Å². The maximum Gasteiger partial charge on any atom is 0.170 e. The van der Waals surface area contributed by atoms with Gasteiger partial charge in [0.25, 0.3) is 0 Å². The monoisotopic (exact) mass is 295 g/mol. The Hall–Kier alpha value is -1.66. The lowest BCUT2D eigenvalue weighted by Crippen LogP contribution is -2.30. The second-order valence-corrected chi connectivity index (χ2v) is 5.57. The molecule has 1 saturated heterocycles. The molecule has 1 aliphatic rings. The second-order valence-electron chi connectivity index (χ2n) is 5.57. The van der Waals surface area contributed by atoms with Crippen LogP contribution in [0, 0.1) is 11.7 Å². The van der Waals surface area contributed by atoms with Gasteiger partial charge >= 0.3 is 0 Å². The molecule has 1 fully saturated rings. The molecule has 0 saturated carbocycles. The molecule has 0 aliphatic carbocycles. The van der Waals surface area contributed by atoms with E-state index in [0.29, 0.717) is 23.6 Å². The highest BCUT2D eigenvalue weighted by molar-refractivity contribution is 5.97. The average molecular weight is 295 g/mol. The zero-order valence-electron chi connectivity index (χ0n) is 12.3. The Balaban J connectivity index is 1.95. The van der Waals surface area contributed by atoms with E-state index in [4.69, 9.17) is 15.7 Å². The number of halogens is 1. The molecule has 2 rings (SSSR count). The molecule has 21 heavy (non-hydrogen) atoms. The fourth-order valence-corrected chi connectivity index (χ4v) is 2.64. The number of ether oxygens (including phenoxy) is 1. The Bertz CT molecular complexity index is 502. The fraction of sp³-hybridized carbons (Fsp3) is 0.533. The normalized spacial score (nSPS) is 20.0. The van der Waals surface area contributed by atoms with Crippen LogP contribution in [0.15, 0.2) is 23.4 Å². The molecular weight excluding hydrogens is 273 g/mol. The topological polar surface area (TPSA) is 71.1 Å². The minimum absolute atomic E-state index is 0.0897. The molecule has 0 amide bonds. The van der Waals surface area contributed by atoms with Crippen molar-refractivity contribution in [1.82, 2.24) is 4.90 Å². The maximum absolute atomic E-state index is 14.0. The van der Waals surface area contributed by atoms with Gasteiger partial charge in [-0.3, -0.25) is 0 Å². The number of hydrogen-bond donors (Lipinski definition) is 2. The van der Waals surface area contributed by atoms with Crippen LogP contribution in [0.1, 0.15) is 24.0 Å². The summed E-state index contributed by atoms with van der Waals surface area (Å²) >= 11 is 0. The molecule has 5 nitrogen and oxygen atoms in total. The van der Waals surface area contributed by atoms with E-state index in [9.17, 15) is 4.39 Å². The Kier molecular flexibility index (Phi) is 5.52. The van der Waals surface area contributed by atoms with Crippen LogP contribution >= 0.6 is 0 Å². The van der Waals surface area contributed by atoms with Gasteiger partial charge in [0.05, 0.1) is 6.61 Å². The second kappa shape index (κ2) is 7.38. The highest BCUT2D eigenvalue weighted by Gasteiger charge is 2.17. The summed E-state index contributed by atoms with van der Waals surface area (Å²) < 4.78 is 19.5. The van der Waals surface area contributed by atoms with Gasteiger partial charge in [0.1, 0.15) is 5.82 Å². The van der Waals surface area contributed by atoms with E-state index in [-0.39, 0.29) is 11.7 Å². The number of nitrogens with zero attached hydrogens (tertiary/aromatic N) is 2. The molecule has 1 heterocycles. The van der Waals surface area contributed by atoms with Crippen molar-refractivity contribution in [3.05, 3.63) is 35.1 Å². The van der Waals surface area contributed by atoms with E-state index in [1.807, 2.05) is 7.05 Å². The molecule has 0 bridgehead atoms. The Morgan fingerprint density at radius 1 is 1.57 bits per heavy atom. The van der Waals surface area contributed by atoms with Crippen LogP contribution in [-0.4, -0.2) is 42.7 Å². The highest BCUT2D eigenvalue weighted by Crippen LogP contribution is 2.17. The van der Waals surface area contributed by atoms with Crippen LogP contribution in [0.3, 0.4) is 0 Å². The number of hydrogen-bond acceptors (Lipinski definition) is 4. The Labute approximate surface area is 124 Å². The highest BCUT2D eigenvalue weighted by atomic mass is 19.1. The minimum Gasteiger partial charge on any atom is -0.409 e. The number of nitrogens with two attached hydrogens (primary N) is 1. The first-order valence-corrected chi connectivity index (χ1v) is 7.12. The summed E-state index contributed by atoms with van der Waals surface area (Å²) in [6, 6.07) is 4.63. The third-order valence-electron chi connectivity index (χ3n) is 3.72. The zero-order chi connectivity index (χ0) is 15.2. The molecule has 6 heteroatoms. The first-order chi connectivity index (χ1) is 10.1. The molecule has 3 N–H and O–H groups in total. The van der Waals surface area contributed by atoms with E-state index in [2.05, 4.69) is 10.1 Å². The smallest absolute Gasteiger partial charge is 0.170 e. The molecule has 1 aliphatic heterocycles. The van der Waals surface area contributed by atoms with Crippen LogP contribution in [-0.2, 0) is 11.3 Å². The first kappa shape index (κ1) is 15.7. The number of benzene rings is 1. The van der Waals surface area contributed by atoms with Crippen LogP contribution in [0.25, 0.3) is 0 Å². The molecule has 1 unspecified atom stereocenters. The molecule has 1 aromatic rings. The van der Waals surface area contributed by atoms with Crippen molar-refractivity contribution >= 4 is 5.84 Å². The van der Waals surface area contributed by atoms with Gasteiger partial charge in [-0.1, -0.05) is 17.3 Å². The SMILES string of the molecule is CN(Cc1ccc(C(N)=NO)cc1F)CC1CCCOC1. The summed E-state index contributed by atoms with van der Waals surface area (Å²) in [5.74, 6) is 0.0854. The van der Waals surface area contributed by atoms with Gasteiger partial charge in [-0.15, -0.1) is 0 Å². The lowest BCUT2D eigenvalue weighted by atomic mass is 10.0. The maximum atomic E-state index is 14.0. The van der Waals surface area contributed by atoms with Gasteiger partial charge in [0.2, 0.25) is 0 Å². The first-order valence-electron chi connectivity index (χ1n) is 7.12. The van der Waals surface area contributed by atoms with Gasteiger partial charge in [0.15, 0.2) is 5.84 Å². The summed E-state index contributed by atoms with van der Waals surface area (Å²) in [6.45, 7) is 3.06. The van der Waals surface area contributed by atoms with Crippen molar-refractivity contribution in [2.45, 2.75) is 19.4 Å². The number of rotatable bonds is 5. The van der Waals surface area contributed by atoms with Crippen LogP contribution < -0.4 is 5.73 Å². The summed E-state index contributed by atoms with van der Waals surface area (Å²) in [7, 11) is 1.98. The largest absolute Gasteiger partial charge is 0.409 e. The van der Waals surface area contributed by atoms with Crippen molar-refractivity contribution in [2.75, 3.05) is 26.8 Å². The van der Waals surface area contributed by atoms with E-state index < -0.39 is 0 Å². The van der Waals surface area contributed by atoms with E-state index in [1.165, 1.54) is 6.07 Å². The van der Waals surface area contributed by atoms with Gasteiger partial charge in [-0.2, -0.15) is 0 Å². The number of oxime groups is 1. The molecule has 0 spiro atoms. The van der Waals surface area contributed by atoms with Gasteiger partial charge in [0, 0.05) is 30.8 Å². The summed E-state index contributed by atoms with van der Waals surface area (Å²) in [5.41, 5.74) is 6.42. The third kappa shape index (κ3) is 4.41. The van der Waals surface area contributed by atoms with E-state index in [0.717, 1.165) is 32.6 Å². The third-order valence-corrected chi connectivity index (χ3v) is 3.72. The van der Waals surface area contributed by atoms with E-state index in [1.54, 1.807) is 12.1 Å². The van der Waals surface area contributed by atoms with Crippen LogP contribution in [0.2, 0.25) is 0 Å². The quantitative estimate of drug-likeness (QED) is 0.376. The Morgan fingerprint density at radius 2 is 2.38 bits per heavy atom. The van der Waals surface area contributed by atoms with Gasteiger partial charge < -0.3 is 20.6 Å². The lowest BCUT2D eigenvalue weighted by Gasteiger charge is -2.27. The van der Waals surface area contributed by atoms with Crippen molar-refractivity contribution in [2.24, 2.45) is 16.8 Å².